The zero-order chi connectivity index (χ0) is 13.1. The van der Waals surface area contributed by atoms with Gasteiger partial charge in [0.25, 0.3) is 0 Å². The average molecular weight is 244 g/mol. The molecule has 2 rings (SSSR count). The summed E-state index contributed by atoms with van der Waals surface area (Å²) in [6.07, 6.45) is 1.80. The Morgan fingerprint density at radius 3 is 2.78 bits per heavy atom. The highest BCUT2D eigenvalue weighted by atomic mass is 16.4. The SMILES string of the molecule is Cc1ccc(C)c(-c2cnc(CNC(C)C)o2)c1. The molecule has 3 nitrogen and oxygen atoms in total. The maximum absolute atomic E-state index is 5.78. The van der Waals surface area contributed by atoms with E-state index < -0.39 is 0 Å². The summed E-state index contributed by atoms with van der Waals surface area (Å²) in [5.74, 6) is 1.58. The molecule has 0 atom stereocenters. The number of aromatic nitrogens is 1. The molecule has 0 radical (unpaired) electrons. The van der Waals surface area contributed by atoms with Crippen LogP contribution in [0.25, 0.3) is 11.3 Å². The molecular weight excluding hydrogens is 224 g/mol. The Morgan fingerprint density at radius 1 is 1.28 bits per heavy atom. The van der Waals surface area contributed by atoms with Crippen molar-refractivity contribution in [2.75, 3.05) is 0 Å². The van der Waals surface area contributed by atoms with Crippen molar-refractivity contribution in [1.29, 1.82) is 0 Å². The van der Waals surface area contributed by atoms with Gasteiger partial charge < -0.3 is 9.73 Å². The lowest BCUT2D eigenvalue weighted by Crippen LogP contribution is -2.21. The van der Waals surface area contributed by atoms with Gasteiger partial charge >= 0.3 is 0 Å². The van der Waals surface area contributed by atoms with Gasteiger partial charge in [-0.2, -0.15) is 0 Å². The van der Waals surface area contributed by atoms with Crippen LogP contribution in [-0.4, -0.2) is 11.0 Å². The molecule has 0 saturated carbocycles. The van der Waals surface area contributed by atoms with E-state index in [1.807, 2.05) is 0 Å². The average Bonchev–Trinajstić information content (AvgIpc) is 2.78. The van der Waals surface area contributed by atoms with Crippen LogP contribution >= 0.6 is 0 Å². The first kappa shape index (κ1) is 12.8. The van der Waals surface area contributed by atoms with Gasteiger partial charge in [0.1, 0.15) is 0 Å². The number of hydrogen-bond acceptors (Lipinski definition) is 3. The van der Waals surface area contributed by atoms with Crippen LogP contribution in [0, 0.1) is 13.8 Å². The lowest BCUT2D eigenvalue weighted by atomic mass is 10.0. The second-order valence-corrected chi connectivity index (χ2v) is 4.97. The molecular formula is C15H20N2O. The monoisotopic (exact) mass is 244 g/mol. The summed E-state index contributed by atoms with van der Waals surface area (Å²) in [6.45, 7) is 9.05. The largest absolute Gasteiger partial charge is 0.439 e. The topological polar surface area (TPSA) is 38.1 Å². The molecule has 0 aliphatic carbocycles. The van der Waals surface area contributed by atoms with Crippen LogP contribution < -0.4 is 5.32 Å². The highest BCUT2D eigenvalue weighted by molar-refractivity contribution is 5.62. The van der Waals surface area contributed by atoms with E-state index in [-0.39, 0.29) is 0 Å². The molecule has 0 fully saturated rings. The van der Waals surface area contributed by atoms with Crippen molar-refractivity contribution in [3.8, 4) is 11.3 Å². The van der Waals surface area contributed by atoms with E-state index in [1.165, 1.54) is 11.1 Å². The van der Waals surface area contributed by atoms with Gasteiger partial charge in [0, 0.05) is 11.6 Å². The van der Waals surface area contributed by atoms with Crippen LogP contribution in [0.3, 0.4) is 0 Å². The molecule has 1 aromatic heterocycles. The fourth-order valence-corrected chi connectivity index (χ4v) is 1.81. The molecule has 1 heterocycles. The minimum Gasteiger partial charge on any atom is -0.439 e. The van der Waals surface area contributed by atoms with Gasteiger partial charge in [0.05, 0.1) is 12.7 Å². The van der Waals surface area contributed by atoms with E-state index >= 15 is 0 Å². The third-order valence-corrected chi connectivity index (χ3v) is 2.87. The molecule has 0 amide bonds. The van der Waals surface area contributed by atoms with Crippen LogP contribution in [0.1, 0.15) is 30.9 Å². The number of oxazole rings is 1. The smallest absolute Gasteiger partial charge is 0.208 e. The molecule has 0 saturated heterocycles. The molecule has 0 aliphatic rings. The number of benzene rings is 1. The van der Waals surface area contributed by atoms with Crippen LogP contribution in [-0.2, 0) is 6.54 Å². The fourth-order valence-electron chi connectivity index (χ4n) is 1.81. The van der Waals surface area contributed by atoms with Crippen molar-refractivity contribution in [3.63, 3.8) is 0 Å². The predicted molar refractivity (Wildman–Crippen MR) is 73.4 cm³/mol. The van der Waals surface area contributed by atoms with E-state index in [1.54, 1.807) is 6.20 Å². The van der Waals surface area contributed by atoms with Gasteiger partial charge in [0.15, 0.2) is 5.76 Å². The van der Waals surface area contributed by atoms with Crippen molar-refractivity contribution < 1.29 is 4.42 Å². The van der Waals surface area contributed by atoms with E-state index in [4.69, 9.17) is 4.42 Å². The maximum Gasteiger partial charge on any atom is 0.208 e. The first-order valence-corrected chi connectivity index (χ1v) is 6.32. The molecule has 18 heavy (non-hydrogen) atoms. The first-order valence-electron chi connectivity index (χ1n) is 6.32. The standard InChI is InChI=1S/C15H20N2O/c1-10(2)16-9-15-17-8-14(18-15)13-7-11(3)5-6-12(13)4/h5-8,10,16H,9H2,1-4H3. The van der Waals surface area contributed by atoms with Gasteiger partial charge in [0.2, 0.25) is 5.89 Å². The van der Waals surface area contributed by atoms with Crippen molar-refractivity contribution in [3.05, 3.63) is 41.4 Å². The number of hydrogen-bond donors (Lipinski definition) is 1. The van der Waals surface area contributed by atoms with Gasteiger partial charge in [-0.25, -0.2) is 4.98 Å². The first-order chi connectivity index (χ1) is 8.56. The van der Waals surface area contributed by atoms with Crippen LogP contribution in [0.2, 0.25) is 0 Å². The van der Waals surface area contributed by atoms with Gasteiger partial charge in [-0.1, -0.05) is 31.5 Å². The quantitative estimate of drug-likeness (QED) is 0.895. The minimum absolute atomic E-state index is 0.432. The van der Waals surface area contributed by atoms with Crippen molar-refractivity contribution in [2.45, 2.75) is 40.3 Å². The van der Waals surface area contributed by atoms with Crippen LogP contribution in [0.5, 0.6) is 0 Å². The Hall–Kier alpha value is -1.61. The normalized spacial score (nSPS) is 11.2. The number of nitrogens with zero attached hydrogens (tertiary/aromatic N) is 1. The summed E-state index contributed by atoms with van der Waals surface area (Å²) in [4.78, 5) is 4.31. The van der Waals surface area contributed by atoms with Gasteiger partial charge in [-0.05, 0) is 25.5 Å². The summed E-state index contributed by atoms with van der Waals surface area (Å²) in [6, 6.07) is 6.78. The zero-order valence-electron chi connectivity index (χ0n) is 11.4. The Labute approximate surface area is 108 Å². The Kier molecular flexibility index (Phi) is 3.82. The highest BCUT2D eigenvalue weighted by Crippen LogP contribution is 2.25. The third kappa shape index (κ3) is 2.99. The summed E-state index contributed by atoms with van der Waals surface area (Å²) < 4.78 is 5.78. The van der Waals surface area contributed by atoms with Gasteiger partial charge in [-0.3, -0.25) is 0 Å². The van der Waals surface area contributed by atoms with Crippen molar-refractivity contribution >= 4 is 0 Å². The van der Waals surface area contributed by atoms with Crippen LogP contribution in [0.15, 0.2) is 28.8 Å². The number of rotatable bonds is 4. The van der Waals surface area contributed by atoms with E-state index in [0.29, 0.717) is 12.6 Å². The second-order valence-electron chi connectivity index (χ2n) is 4.97. The lowest BCUT2D eigenvalue weighted by molar-refractivity contribution is 0.459. The molecule has 0 aliphatic heterocycles. The summed E-state index contributed by atoms with van der Waals surface area (Å²) in [5, 5.41) is 3.30. The lowest BCUT2D eigenvalue weighted by Gasteiger charge is -2.05. The number of aryl methyl sites for hydroxylation is 2. The third-order valence-electron chi connectivity index (χ3n) is 2.87. The van der Waals surface area contributed by atoms with E-state index in [2.05, 4.69) is 56.2 Å². The van der Waals surface area contributed by atoms with Crippen LogP contribution in [0.4, 0.5) is 0 Å². The predicted octanol–water partition coefficient (Wildman–Crippen LogP) is 3.46. The molecule has 96 valence electrons. The molecule has 0 bridgehead atoms. The molecule has 2 aromatic rings. The van der Waals surface area contributed by atoms with E-state index in [9.17, 15) is 0 Å². The second kappa shape index (κ2) is 5.36. The summed E-state index contributed by atoms with van der Waals surface area (Å²) in [7, 11) is 0. The van der Waals surface area contributed by atoms with Gasteiger partial charge in [-0.15, -0.1) is 0 Å². The Morgan fingerprint density at radius 2 is 2.06 bits per heavy atom. The van der Waals surface area contributed by atoms with Crippen molar-refractivity contribution in [1.82, 2.24) is 10.3 Å². The maximum atomic E-state index is 5.78. The fraction of sp³-hybridized carbons (Fsp3) is 0.400. The summed E-state index contributed by atoms with van der Waals surface area (Å²) >= 11 is 0. The molecule has 3 heteroatoms. The molecule has 0 unspecified atom stereocenters. The number of nitrogens with one attached hydrogen (secondary N) is 1. The Balaban J connectivity index is 2.21. The highest BCUT2D eigenvalue weighted by Gasteiger charge is 2.09. The van der Waals surface area contributed by atoms with Crippen molar-refractivity contribution in [2.24, 2.45) is 0 Å². The zero-order valence-corrected chi connectivity index (χ0v) is 11.4. The van der Waals surface area contributed by atoms with E-state index in [0.717, 1.165) is 17.2 Å². The molecule has 1 aromatic carbocycles. The molecule has 1 N–H and O–H groups in total. The Bertz CT molecular complexity index is 529. The molecule has 0 spiro atoms. The minimum atomic E-state index is 0.432. The summed E-state index contributed by atoms with van der Waals surface area (Å²) in [5.41, 5.74) is 3.56.